The largest absolute Gasteiger partial charge is 0.452 e. The van der Waals surface area contributed by atoms with Crippen molar-refractivity contribution in [1.82, 2.24) is 0 Å². The Morgan fingerprint density at radius 3 is 2.48 bits per heavy atom. The van der Waals surface area contributed by atoms with Crippen molar-refractivity contribution in [3.8, 4) is 0 Å². The molecule has 0 fully saturated rings. The third-order valence-electron chi connectivity index (χ3n) is 4.37. The number of ether oxygens (including phenoxy) is 1. The number of non-ortho nitro benzene ring substituents is 1. The molecule has 0 aliphatic carbocycles. The van der Waals surface area contributed by atoms with E-state index in [9.17, 15) is 19.7 Å². The van der Waals surface area contributed by atoms with Crippen molar-refractivity contribution in [1.29, 1.82) is 0 Å². The lowest BCUT2D eigenvalue weighted by Gasteiger charge is -2.11. The number of rotatable bonds is 8. The van der Waals surface area contributed by atoms with Gasteiger partial charge in [0, 0.05) is 23.9 Å². The van der Waals surface area contributed by atoms with Crippen LogP contribution < -0.4 is 5.32 Å². The predicted octanol–water partition coefficient (Wildman–Crippen LogP) is 4.38. The van der Waals surface area contributed by atoms with Crippen LogP contribution in [0.5, 0.6) is 0 Å². The molecule has 0 atom stereocenters. The first kappa shape index (κ1) is 21.4. The Hall–Kier alpha value is -4.26. The molecule has 31 heavy (non-hydrogen) atoms. The number of hydrogen-bond donors (Lipinski definition) is 1. The second kappa shape index (κ2) is 10.5. The molecule has 1 amide bonds. The minimum Gasteiger partial charge on any atom is -0.452 e. The van der Waals surface area contributed by atoms with E-state index < -0.39 is 23.4 Å². The molecule has 0 spiro atoms. The smallest absolute Gasteiger partial charge is 0.331 e. The molecule has 0 heterocycles. The number of amides is 1. The number of anilines is 1. The first-order valence-corrected chi connectivity index (χ1v) is 9.52. The van der Waals surface area contributed by atoms with E-state index in [-0.39, 0.29) is 5.69 Å². The molecule has 7 heteroatoms. The van der Waals surface area contributed by atoms with Gasteiger partial charge < -0.3 is 10.1 Å². The molecule has 0 bridgehead atoms. The van der Waals surface area contributed by atoms with Gasteiger partial charge in [-0.05, 0) is 35.3 Å². The lowest BCUT2D eigenvalue weighted by molar-refractivity contribution is -0.384. The molecule has 0 aliphatic heterocycles. The number of nitro benzene ring substituents is 1. The van der Waals surface area contributed by atoms with Crippen LogP contribution in [0.15, 0.2) is 84.9 Å². The average molecular weight is 416 g/mol. The van der Waals surface area contributed by atoms with Crippen LogP contribution in [0.2, 0.25) is 0 Å². The van der Waals surface area contributed by atoms with Gasteiger partial charge in [-0.1, -0.05) is 60.7 Å². The third-order valence-corrected chi connectivity index (χ3v) is 4.37. The summed E-state index contributed by atoms with van der Waals surface area (Å²) in [6.45, 7) is -0.447. The topological polar surface area (TPSA) is 98.5 Å². The summed E-state index contributed by atoms with van der Waals surface area (Å²) < 4.78 is 4.96. The van der Waals surface area contributed by atoms with Crippen LogP contribution >= 0.6 is 0 Å². The van der Waals surface area contributed by atoms with E-state index in [2.05, 4.69) is 5.32 Å². The summed E-state index contributed by atoms with van der Waals surface area (Å²) in [7, 11) is 0. The molecular formula is C24H20N2O5. The van der Waals surface area contributed by atoms with Crippen LogP contribution in [0.1, 0.15) is 16.7 Å². The van der Waals surface area contributed by atoms with Crippen molar-refractivity contribution >= 4 is 29.3 Å². The van der Waals surface area contributed by atoms with Crippen molar-refractivity contribution < 1.29 is 19.2 Å². The van der Waals surface area contributed by atoms with Gasteiger partial charge in [0.15, 0.2) is 6.61 Å². The quantitative estimate of drug-likeness (QED) is 0.254. The fourth-order valence-corrected chi connectivity index (χ4v) is 2.89. The average Bonchev–Trinajstić information content (AvgIpc) is 2.78. The fraction of sp³-hybridized carbons (Fsp3) is 0.0833. The predicted molar refractivity (Wildman–Crippen MR) is 117 cm³/mol. The molecule has 7 nitrogen and oxygen atoms in total. The second-order valence-corrected chi connectivity index (χ2v) is 6.66. The molecule has 156 valence electrons. The standard InChI is InChI=1S/C24H20N2O5/c27-23(17-31-24(28)14-13-19-9-6-11-21(16-19)26(29)30)25-22-12-5-4-10-20(22)15-18-7-2-1-3-8-18/h1-14,16H,15,17H2,(H,25,27)/b14-13+. The van der Waals surface area contributed by atoms with Crippen LogP contribution in [-0.4, -0.2) is 23.4 Å². The molecule has 0 aliphatic rings. The molecule has 0 aromatic heterocycles. The van der Waals surface area contributed by atoms with Crippen LogP contribution in [0.3, 0.4) is 0 Å². The van der Waals surface area contributed by atoms with Crippen LogP contribution in [0.4, 0.5) is 11.4 Å². The van der Waals surface area contributed by atoms with Gasteiger partial charge in [0.25, 0.3) is 11.6 Å². The SMILES string of the molecule is O=C(COC(=O)/C=C/c1cccc([N+](=O)[O-])c1)Nc1ccccc1Cc1ccccc1. The highest BCUT2D eigenvalue weighted by molar-refractivity contribution is 5.95. The highest BCUT2D eigenvalue weighted by Gasteiger charge is 2.10. The minimum absolute atomic E-state index is 0.0796. The van der Waals surface area contributed by atoms with Crippen LogP contribution in [-0.2, 0) is 20.7 Å². The number of carbonyl (C=O) groups is 2. The second-order valence-electron chi connectivity index (χ2n) is 6.66. The number of hydrogen-bond acceptors (Lipinski definition) is 5. The maximum Gasteiger partial charge on any atom is 0.331 e. The van der Waals surface area contributed by atoms with Crippen molar-refractivity contribution in [3.63, 3.8) is 0 Å². The highest BCUT2D eigenvalue weighted by atomic mass is 16.6. The Morgan fingerprint density at radius 1 is 0.968 bits per heavy atom. The number of carbonyl (C=O) groups excluding carboxylic acids is 2. The molecule has 0 saturated carbocycles. The summed E-state index contributed by atoms with van der Waals surface area (Å²) in [5.41, 5.74) is 3.11. The number of nitrogens with one attached hydrogen (secondary N) is 1. The first-order chi connectivity index (χ1) is 15.0. The molecule has 0 radical (unpaired) electrons. The van der Waals surface area contributed by atoms with Gasteiger partial charge in [0.2, 0.25) is 0 Å². The van der Waals surface area contributed by atoms with E-state index in [4.69, 9.17) is 4.74 Å². The van der Waals surface area contributed by atoms with Gasteiger partial charge in [-0.25, -0.2) is 4.79 Å². The van der Waals surface area contributed by atoms with E-state index in [0.717, 1.165) is 17.2 Å². The van der Waals surface area contributed by atoms with Crippen molar-refractivity contribution in [2.75, 3.05) is 11.9 Å². The monoisotopic (exact) mass is 416 g/mol. The Kier molecular flexibility index (Phi) is 7.26. The van der Waals surface area contributed by atoms with Crippen molar-refractivity contribution in [2.45, 2.75) is 6.42 Å². The molecule has 1 N–H and O–H groups in total. The van der Waals surface area contributed by atoms with Gasteiger partial charge in [0.1, 0.15) is 0 Å². The van der Waals surface area contributed by atoms with E-state index >= 15 is 0 Å². The lowest BCUT2D eigenvalue weighted by Crippen LogP contribution is -2.20. The summed E-state index contributed by atoms with van der Waals surface area (Å²) in [6, 6.07) is 23.1. The maximum absolute atomic E-state index is 12.2. The molecule has 0 saturated heterocycles. The van der Waals surface area contributed by atoms with Crippen LogP contribution in [0.25, 0.3) is 6.08 Å². The van der Waals surface area contributed by atoms with E-state index in [1.54, 1.807) is 12.1 Å². The zero-order valence-electron chi connectivity index (χ0n) is 16.6. The zero-order chi connectivity index (χ0) is 22.1. The van der Waals surface area contributed by atoms with Crippen molar-refractivity contribution in [3.05, 3.63) is 112 Å². The summed E-state index contributed by atoms with van der Waals surface area (Å²) in [4.78, 5) is 34.4. The third kappa shape index (κ3) is 6.64. The molecular weight excluding hydrogens is 396 g/mol. The fourth-order valence-electron chi connectivity index (χ4n) is 2.89. The Morgan fingerprint density at radius 2 is 1.71 bits per heavy atom. The lowest BCUT2D eigenvalue weighted by atomic mass is 10.0. The van der Waals surface area contributed by atoms with E-state index in [1.807, 2.05) is 48.5 Å². The Bertz CT molecular complexity index is 1110. The summed E-state index contributed by atoms with van der Waals surface area (Å²) >= 11 is 0. The number of benzene rings is 3. The van der Waals surface area contributed by atoms with Gasteiger partial charge >= 0.3 is 5.97 Å². The molecule has 3 rings (SSSR count). The van der Waals surface area contributed by atoms with Gasteiger partial charge in [-0.3, -0.25) is 14.9 Å². The first-order valence-electron chi connectivity index (χ1n) is 9.52. The normalized spacial score (nSPS) is 10.6. The van der Waals surface area contributed by atoms with Gasteiger partial charge in [-0.2, -0.15) is 0 Å². The number of nitro groups is 1. The molecule has 3 aromatic carbocycles. The summed E-state index contributed by atoms with van der Waals surface area (Å²) in [6.07, 6.45) is 3.17. The van der Waals surface area contributed by atoms with Crippen LogP contribution in [0, 0.1) is 10.1 Å². The Labute approximate surface area is 179 Å². The Balaban J connectivity index is 1.54. The zero-order valence-corrected chi connectivity index (χ0v) is 16.6. The van der Waals surface area contributed by atoms with Gasteiger partial charge in [-0.15, -0.1) is 0 Å². The molecule has 0 unspecified atom stereocenters. The minimum atomic E-state index is -0.723. The number of para-hydroxylation sites is 1. The van der Waals surface area contributed by atoms with E-state index in [0.29, 0.717) is 17.7 Å². The highest BCUT2D eigenvalue weighted by Crippen LogP contribution is 2.19. The van der Waals surface area contributed by atoms with Crippen molar-refractivity contribution in [2.24, 2.45) is 0 Å². The maximum atomic E-state index is 12.2. The number of nitrogens with zero attached hydrogens (tertiary/aromatic N) is 1. The van der Waals surface area contributed by atoms with Gasteiger partial charge in [0.05, 0.1) is 4.92 Å². The number of esters is 1. The molecule has 3 aromatic rings. The summed E-state index contributed by atoms with van der Waals surface area (Å²) in [5.74, 6) is -1.18. The summed E-state index contributed by atoms with van der Waals surface area (Å²) in [5, 5.41) is 13.6. The van der Waals surface area contributed by atoms with E-state index in [1.165, 1.54) is 24.3 Å².